The van der Waals surface area contributed by atoms with Gasteiger partial charge in [-0.05, 0) is 61.6 Å². The van der Waals surface area contributed by atoms with Crippen molar-refractivity contribution in [2.45, 2.75) is 6.92 Å². The topological polar surface area (TPSA) is 54.9 Å². The van der Waals surface area contributed by atoms with Crippen molar-refractivity contribution < 1.29 is 4.79 Å². The summed E-state index contributed by atoms with van der Waals surface area (Å²) in [5, 5.41) is 0.936. The first-order chi connectivity index (χ1) is 10.5. The van der Waals surface area contributed by atoms with E-state index in [9.17, 15) is 9.59 Å². The first-order valence-corrected chi connectivity index (χ1v) is 7.32. The fourth-order valence-corrected chi connectivity index (χ4v) is 2.74. The van der Waals surface area contributed by atoms with E-state index < -0.39 is 0 Å². The number of aromatic nitrogens is 2. The quantitative estimate of drug-likeness (QED) is 0.572. The highest BCUT2D eigenvalue weighted by molar-refractivity contribution is 7.71. The van der Waals surface area contributed by atoms with Gasteiger partial charge in [-0.2, -0.15) is 0 Å². The van der Waals surface area contributed by atoms with Crippen LogP contribution >= 0.6 is 23.8 Å². The Morgan fingerprint density at radius 3 is 2.50 bits per heavy atom. The normalized spacial score (nSPS) is 10.8. The Bertz CT molecular complexity index is 1000. The van der Waals surface area contributed by atoms with Crippen molar-refractivity contribution in [3.8, 4) is 5.69 Å². The fourth-order valence-electron chi connectivity index (χ4n) is 2.27. The average Bonchev–Trinajstić information content (AvgIpc) is 2.49. The lowest BCUT2D eigenvalue weighted by Crippen LogP contribution is -2.20. The van der Waals surface area contributed by atoms with Crippen LogP contribution in [-0.4, -0.2) is 15.3 Å². The van der Waals surface area contributed by atoms with E-state index in [4.69, 9.17) is 23.8 Å². The Labute approximate surface area is 136 Å². The molecule has 0 fully saturated rings. The van der Waals surface area contributed by atoms with E-state index in [-0.39, 0.29) is 16.1 Å². The molecule has 0 saturated heterocycles. The van der Waals surface area contributed by atoms with Gasteiger partial charge in [-0.3, -0.25) is 14.2 Å². The monoisotopic (exact) mass is 330 g/mol. The van der Waals surface area contributed by atoms with Crippen molar-refractivity contribution in [2.75, 3.05) is 0 Å². The summed E-state index contributed by atoms with van der Waals surface area (Å²) in [6, 6.07) is 11.7. The molecular weight excluding hydrogens is 320 g/mol. The molecule has 110 valence electrons. The molecule has 6 heteroatoms. The minimum Gasteiger partial charge on any atom is -0.331 e. The number of halogens is 1. The molecule has 22 heavy (non-hydrogen) atoms. The predicted molar refractivity (Wildman–Crippen MR) is 89.7 cm³/mol. The molecule has 0 spiro atoms. The molecule has 1 heterocycles. The molecule has 0 amide bonds. The molecule has 0 unspecified atom stereocenters. The van der Waals surface area contributed by atoms with Crippen LogP contribution < -0.4 is 5.56 Å². The number of nitrogens with zero attached hydrogens (tertiary/aromatic N) is 1. The van der Waals surface area contributed by atoms with E-state index in [0.29, 0.717) is 27.2 Å². The Balaban J connectivity index is 2.28. The highest BCUT2D eigenvalue weighted by atomic mass is 35.5. The van der Waals surface area contributed by atoms with Crippen LogP contribution in [0.1, 0.15) is 17.3 Å². The van der Waals surface area contributed by atoms with E-state index in [2.05, 4.69) is 4.98 Å². The number of rotatable bonds is 2. The molecule has 0 radical (unpaired) electrons. The lowest BCUT2D eigenvalue weighted by atomic mass is 10.1. The summed E-state index contributed by atoms with van der Waals surface area (Å²) in [6.45, 7) is 1.49. The lowest BCUT2D eigenvalue weighted by Gasteiger charge is -2.08. The second kappa shape index (κ2) is 5.51. The average molecular weight is 331 g/mol. The summed E-state index contributed by atoms with van der Waals surface area (Å²) >= 11 is 11.2. The van der Waals surface area contributed by atoms with Crippen LogP contribution in [0.4, 0.5) is 0 Å². The summed E-state index contributed by atoms with van der Waals surface area (Å²) in [4.78, 5) is 27.0. The maximum absolute atomic E-state index is 12.7. The van der Waals surface area contributed by atoms with Crippen molar-refractivity contribution in [3.05, 3.63) is 68.2 Å². The number of fused-ring (bicyclic) bond motifs is 1. The number of benzene rings is 2. The first-order valence-electron chi connectivity index (χ1n) is 6.53. The second-order valence-corrected chi connectivity index (χ2v) is 5.69. The first kappa shape index (κ1) is 14.7. The van der Waals surface area contributed by atoms with Crippen LogP contribution in [0.2, 0.25) is 5.02 Å². The maximum Gasteiger partial charge on any atom is 0.266 e. The number of nitrogens with one attached hydrogen (secondary N) is 1. The highest BCUT2D eigenvalue weighted by Crippen LogP contribution is 2.16. The number of ketones is 1. The van der Waals surface area contributed by atoms with Gasteiger partial charge in [0.1, 0.15) is 0 Å². The number of carbonyl (C=O) groups is 1. The highest BCUT2D eigenvalue weighted by Gasteiger charge is 2.09. The standard InChI is InChI=1S/C16H11ClN2O2S/c1-9(20)10-2-5-12(6-3-10)19-15(21)13-8-11(17)4-7-14(13)18-16(19)22/h2-8H,1H3,(H,18,22). The van der Waals surface area contributed by atoms with Gasteiger partial charge in [-0.15, -0.1) is 0 Å². The van der Waals surface area contributed by atoms with Crippen LogP contribution in [0.25, 0.3) is 16.6 Å². The van der Waals surface area contributed by atoms with Crippen LogP contribution in [0, 0.1) is 4.77 Å². The van der Waals surface area contributed by atoms with E-state index in [0.717, 1.165) is 0 Å². The number of aromatic amines is 1. The number of hydrogen-bond acceptors (Lipinski definition) is 3. The third kappa shape index (κ3) is 2.49. The molecular formula is C16H11ClN2O2S. The predicted octanol–water partition coefficient (Wildman–Crippen LogP) is 3.90. The molecule has 0 atom stereocenters. The van der Waals surface area contributed by atoms with Crippen LogP contribution in [-0.2, 0) is 0 Å². The minimum absolute atomic E-state index is 0.0330. The van der Waals surface area contributed by atoms with Gasteiger partial charge in [0.15, 0.2) is 10.6 Å². The van der Waals surface area contributed by atoms with Crippen molar-refractivity contribution in [3.63, 3.8) is 0 Å². The molecule has 3 aromatic rings. The van der Waals surface area contributed by atoms with E-state index in [1.54, 1.807) is 42.5 Å². The molecule has 0 aliphatic rings. The summed E-state index contributed by atoms with van der Waals surface area (Å²) in [7, 11) is 0. The Morgan fingerprint density at radius 2 is 1.86 bits per heavy atom. The molecule has 4 nitrogen and oxygen atoms in total. The van der Waals surface area contributed by atoms with Gasteiger partial charge in [0.2, 0.25) is 0 Å². The largest absolute Gasteiger partial charge is 0.331 e. The van der Waals surface area contributed by atoms with Gasteiger partial charge in [-0.25, -0.2) is 0 Å². The SMILES string of the molecule is CC(=O)c1ccc(-n2c(=S)[nH]c3ccc(Cl)cc3c2=O)cc1. The Kier molecular flexibility index (Phi) is 3.68. The number of H-pyrrole nitrogens is 1. The van der Waals surface area contributed by atoms with Gasteiger partial charge in [0, 0.05) is 10.6 Å². The van der Waals surface area contributed by atoms with Crippen LogP contribution in [0.3, 0.4) is 0 Å². The molecule has 0 saturated carbocycles. The molecule has 0 aliphatic heterocycles. The van der Waals surface area contributed by atoms with Crippen LogP contribution in [0.5, 0.6) is 0 Å². The van der Waals surface area contributed by atoms with Gasteiger partial charge in [-0.1, -0.05) is 11.6 Å². The summed E-state index contributed by atoms with van der Waals surface area (Å²) in [6.07, 6.45) is 0. The van der Waals surface area contributed by atoms with E-state index in [1.165, 1.54) is 11.5 Å². The zero-order valence-corrected chi connectivity index (χ0v) is 13.2. The zero-order valence-electron chi connectivity index (χ0n) is 11.6. The smallest absolute Gasteiger partial charge is 0.266 e. The maximum atomic E-state index is 12.7. The zero-order chi connectivity index (χ0) is 15.9. The van der Waals surface area contributed by atoms with Crippen molar-refractivity contribution in [1.82, 2.24) is 9.55 Å². The number of Topliss-reactive ketones (excluding diaryl/α,β-unsaturated/α-hetero) is 1. The van der Waals surface area contributed by atoms with Gasteiger partial charge in [0.05, 0.1) is 16.6 Å². The Morgan fingerprint density at radius 1 is 1.18 bits per heavy atom. The minimum atomic E-state index is -0.253. The van der Waals surface area contributed by atoms with Crippen LogP contribution in [0.15, 0.2) is 47.3 Å². The summed E-state index contributed by atoms with van der Waals surface area (Å²) in [5.74, 6) is -0.0330. The van der Waals surface area contributed by atoms with Gasteiger partial charge in [0.25, 0.3) is 5.56 Å². The number of hydrogen-bond donors (Lipinski definition) is 1. The van der Waals surface area contributed by atoms with Gasteiger partial charge >= 0.3 is 0 Å². The van der Waals surface area contributed by atoms with E-state index in [1.807, 2.05) is 0 Å². The number of carbonyl (C=O) groups excluding carboxylic acids is 1. The van der Waals surface area contributed by atoms with Crippen molar-refractivity contribution >= 4 is 40.5 Å². The van der Waals surface area contributed by atoms with Crippen molar-refractivity contribution in [2.24, 2.45) is 0 Å². The van der Waals surface area contributed by atoms with E-state index >= 15 is 0 Å². The fraction of sp³-hybridized carbons (Fsp3) is 0.0625. The van der Waals surface area contributed by atoms with Gasteiger partial charge < -0.3 is 4.98 Å². The Hall–Kier alpha value is -2.24. The molecule has 1 N–H and O–H groups in total. The molecule has 0 aliphatic carbocycles. The molecule has 3 rings (SSSR count). The second-order valence-electron chi connectivity index (χ2n) is 4.86. The lowest BCUT2D eigenvalue weighted by molar-refractivity contribution is 0.101. The third-order valence-corrected chi connectivity index (χ3v) is 3.91. The molecule has 2 aromatic carbocycles. The third-order valence-electron chi connectivity index (χ3n) is 3.39. The summed E-state index contributed by atoms with van der Waals surface area (Å²) < 4.78 is 1.67. The molecule has 0 bridgehead atoms. The summed E-state index contributed by atoms with van der Waals surface area (Å²) in [5.41, 5.74) is 1.56. The van der Waals surface area contributed by atoms with Crippen molar-refractivity contribution in [1.29, 1.82) is 0 Å². The molecule has 1 aromatic heterocycles.